The molecule has 12 heavy (non-hydrogen) atoms. The van der Waals surface area contributed by atoms with E-state index in [0.29, 0.717) is 11.5 Å². The van der Waals surface area contributed by atoms with Crippen LogP contribution in [-0.2, 0) is 0 Å². The fraction of sp³-hybridized carbons (Fsp3) is 0.167. The zero-order chi connectivity index (χ0) is 8.55. The molecule has 0 unspecified atom stereocenters. The zero-order valence-corrected chi connectivity index (χ0v) is 6.30. The van der Waals surface area contributed by atoms with Crippen LogP contribution in [0.1, 0.15) is 0 Å². The highest BCUT2D eigenvalue weighted by Gasteiger charge is 2.16. The van der Waals surface area contributed by atoms with E-state index in [0.717, 1.165) is 4.73 Å². The Hall–Kier alpha value is -1.85. The van der Waals surface area contributed by atoms with Gasteiger partial charge >= 0.3 is 0 Å². The summed E-state index contributed by atoms with van der Waals surface area (Å²) in [5.41, 5.74) is 0.447. The Morgan fingerprint density at radius 1 is 1.42 bits per heavy atom. The molecule has 2 aliphatic heterocycles. The van der Waals surface area contributed by atoms with Crippen LogP contribution in [0.5, 0.6) is 5.88 Å². The predicted molar refractivity (Wildman–Crippen MR) is 38.2 cm³/mol. The topological polar surface area (TPSA) is 73.1 Å². The van der Waals surface area contributed by atoms with Crippen molar-refractivity contribution < 1.29 is 9.94 Å². The molecule has 2 aliphatic rings. The smallest absolute Gasteiger partial charge is 0.258 e. The van der Waals surface area contributed by atoms with Crippen LogP contribution in [0.15, 0.2) is 12.7 Å². The largest absolute Gasteiger partial charge is 0.479 e. The van der Waals surface area contributed by atoms with Gasteiger partial charge in [0.2, 0.25) is 0 Å². The van der Waals surface area contributed by atoms with Gasteiger partial charge in [-0.3, -0.25) is 0 Å². The van der Waals surface area contributed by atoms with Crippen LogP contribution < -0.4 is 4.74 Å². The molecule has 1 N–H and O–H groups in total. The lowest BCUT2D eigenvalue weighted by atomic mass is 10.4. The van der Waals surface area contributed by atoms with E-state index in [2.05, 4.69) is 15.0 Å². The standard InChI is InChI=1S/C6H6N4O2/c1-12-6-4-5(8-2-7-4)9-3-10(6)11/h2-3,11H,1H3. The van der Waals surface area contributed by atoms with Gasteiger partial charge < -0.3 is 9.94 Å². The van der Waals surface area contributed by atoms with Gasteiger partial charge in [0.05, 0.1) is 7.11 Å². The summed E-state index contributed by atoms with van der Waals surface area (Å²) >= 11 is 0. The molecule has 0 radical (unpaired) electrons. The van der Waals surface area contributed by atoms with E-state index in [9.17, 15) is 5.21 Å². The van der Waals surface area contributed by atoms with E-state index in [1.807, 2.05) is 0 Å². The molecular formula is C6H6N4O2. The number of hydrogen-bond donors (Lipinski definition) is 1. The van der Waals surface area contributed by atoms with Crippen LogP contribution in [0, 0.1) is 0 Å². The van der Waals surface area contributed by atoms with Gasteiger partial charge in [-0.05, 0) is 0 Å². The number of hydrogen-bond acceptors (Lipinski definition) is 5. The molecule has 62 valence electrons. The molecule has 0 amide bonds. The summed E-state index contributed by atoms with van der Waals surface area (Å²) in [6.07, 6.45) is 2.57. The van der Waals surface area contributed by atoms with Crippen molar-refractivity contribution in [3.8, 4) is 17.4 Å². The number of rotatable bonds is 1. The van der Waals surface area contributed by atoms with Crippen LogP contribution in [0.2, 0.25) is 0 Å². The third kappa shape index (κ3) is 0.777. The second-order valence-electron chi connectivity index (χ2n) is 2.14. The molecule has 2 heterocycles. The first-order chi connectivity index (χ1) is 5.83. The minimum Gasteiger partial charge on any atom is -0.479 e. The zero-order valence-electron chi connectivity index (χ0n) is 6.30. The first-order valence-corrected chi connectivity index (χ1v) is 3.24. The van der Waals surface area contributed by atoms with Crippen molar-refractivity contribution in [1.82, 2.24) is 19.7 Å². The summed E-state index contributed by atoms with van der Waals surface area (Å²) in [5.74, 6) is 0.689. The highest BCUT2D eigenvalue weighted by atomic mass is 16.5. The van der Waals surface area contributed by atoms with Crippen molar-refractivity contribution in [2.75, 3.05) is 7.11 Å². The number of ether oxygens (including phenoxy) is 1. The average molecular weight is 166 g/mol. The highest BCUT2D eigenvalue weighted by molar-refractivity contribution is 5.56. The molecule has 0 bridgehead atoms. The fourth-order valence-electron chi connectivity index (χ4n) is 0.966. The summed E-state index contributed by atoms with van der Waals surface area (Å²) in [6, 6.07) is 0. The van der Waals surface area contributed by atoms with Crippen molar-refractivity contribution in [3.05, 3.63) is 12.7 Å². The molecule has 0 spiro atoms. The van der Waals surface area contributed by atoms with Crippen molar-refractivity contribution in [3.63, 3.8) is 0 Å². The van der Waals surface area contributed by atoms with E-state index in [4.69, 9.17) is 4.74 Å². The Balaban J connectivity index is 2.73. The predicted octanol–water partition coefficient (Wildman–Crippen LogP) is 0.0238. The Kier molecular flexibility index (Phi) is 1.33. The molecule has 0 saturated heterocycles. The van der Waals surface area contributed by atoms with E-state index in [1.165, 1.54) is 19.8 Å². The van der Waals surface area contributed by atoms with Crippen LogP contribution in [0.3, 0.4) is 0 Å². The molecule has 0 aromatic carbocycles. The van der Waals surface area contributed by atoms with Gasteiger partial charge in [-0.25, -0.2) is 15.0 Å². The first-order valence-electron chi connectivity index (χ1n) is 3.24. The lowest BCUT2D eigenvalue weighted by Crippen LogP contribution is -2.03. The molecule has 6 heteroatoms. The lowest BCUT2D eigenvalue weighted by Gasteiger charge is -2.06. The van der Waals surface area contributed by atoms with Crippen molar-refractivity contribution >= 4 is 0 Å². The van der Waals surface area contributed by atoms with E-state index in [-0.39, 0.29) is 5.88 Å². The van der Waals surface area contributed by atoms with E-state index >= 15 is 0 Å². The molecular weight excluding hydrogens is 160 g/mol. The number of methoxy groups -OCH3 is 1. The summed E-state index contributed by atoms with van der Waals surface area (Å²) in [6.45, 7) is 0. The Labute approximate surface area is 67.8 Å². The van der Waals surface area contributed by atoms with E-state index < -0.39 is 0 Å². The Bertz CT molecular complexity index is 372. The first kappa shape index (κ1) is 6.84. The number of nitrogens with zero attached hydrogens (tertiary/aromatic N) is 4. The molecule has 2 rings (SSSR count). The summed E-state index contributed by atoms with van der Waals surface area (Å²) in [5, 5.41) is 9.19. The van der Waals surface area contributed by atoms with Gasteiger partial charge in [-0.1, -0.05) is 0 Å². The van der Waals surface area contributed by atoms with Crippen molar-refractivity contribution in [1.29, 1.82) is 0 Å². The SMILES string of the molecule is COc1c2ncnc-2ncn1O. The van der Waals surface area contributed by atoms with Gasteiger partial charge in [0.15, 0.2) is 11.5 Å². The van der Waals surface area contributed by atoms with E-state index in [1.54, 1.807) is 0 Å². The molecule has 0 fully saturated rings. The highest BCUT2D eigenvalue weighted by Crippen LogP contribution is 2.24. The summed E-state index contributed by atoms with van der Waals surface area (Å²) < 4.78 is 5.65. The third-order valence-electron chi connectivity index (χ3n) is 1.47. The van der Waals surface area contributed by atoms with Crippen LogP contribution in [0.4, 0.5) is 0 Å². The third-order valence-corrected chi connectivity index (χ3v) is 1.47. The quantitative estimate of drug-likeness (QED) is 0.605. The molecule has 6 nitrogen and oxygen atoms in total. The molecule has 0 aromatic rings. The minimum absolute atomic E-state index is 0.234. The van der Waals surface area contributed by atoms with Crippen molar-refractivity contribution in [2.45, 2.75) is 0 Å². The second kappa shape index (κ2) is 2.33. The van der Waals surface area contributed by atoms with Crippen LogP contribution in [-0.4, -0.2) is 32.0 Å². The second-order valence-corrected chi connectivity index (χ2v) is 2.14. The number of imidazole rings is 1. The maximum atomic E-state index is 9.19. The number of aromatic nitrogens is 4. The molecule has 0 atom stereocenters. The van der Waals surface area contributed by atoms with Gasteiger partial charge in [-0.15, -0.1) is 4.73 Å². The van der Waals surface area contributed by atoms with Crippen LogP contribution in [0.25, 0.3) is 11.5 Å². The molecule has 0 saturated carbocycles. The monoisotopic (exact) mass is 166 g/mol. The van der Waals surface area contributed by atoms with Gasteiger partial charge in [0, 0.05) is 0 Å². The van der Waals surface area contributed by atoms with Gasteiger partial charge in [-0.2, -0.15) is 0 Å². The van der Waals surface area contributed by atoms with Gasteiger partial charge in [0.1, 0.15) is 12.7 Å². The summed E-state index contributed by atoms with van der Waals surface area (Å²) in [7, 11) is 1.44. The number of fused-ring (bicyclic) bond motifs is 1. The normalized spacial score (nSPS) is 10.4. The Morgan fingerprint density at radius 3 is 3.00 bits per heavy atom. The maximum absolute atomic E-state index is 9.19. The summed E-state index contributed by atoms with van der Waals surface area (Å²) in [4.78, 5) is 11.5. The lowest BCUT2D eigenvalue weighted by molar-refractivity contribution is 0.146. The van der Waals surface area contributed by atoms with Crippen LogP contribution >= 0.6 is 0 Å². The maximum Gasteiger partial charge on any atom is 0.258 e. The Morgan fingerprint density at radius 2 is 2.25 bits per heavy atom. The molecule has 0 aliphatic carbocycles. The molecule has 0 aromatic heterocycles. The van der Waals surface area contributed by atoms with Crippen molar-refractivity contribution in [2.24, 2.45) is 0 Å². The average Bonchev–Trinajstić information content (AvgIpc) is 2.52. The van der Waals surface area contributed by atoms with Gasteiger partial charge in [0.25, 0.3) is 5.88 Å². The fourth-order valence-corrected chi connectivity index (χ4v) is 0.966. The minimum atomic E-state index is 0.234.